The van der Waals surface area contributed by atoms with Crippen LogP contribution in [0.25, 0.3) is 5.57 Å². The highest BCUT2D eigenvalue weighted by molar-refractivity contribution is 9.09. The average molecular weight is 607 g/mol. The minimum Gasteiger partial charge on any atom is -0.497 e. The van der Waals surface area contributed by atoms with Gasteiger partial charge in [0.1, 0.15) is 5.76 Å². The number of hydrogen-bond acceptors (Lipinski definition) is 6. The third-order valence-electron chi connectivity index (χ3n) is 5.39. The summed E-state index contributed by atoms with van der Waals surface area (Å²) in [4.78, 5) is 10.7. The summed E-state index contributed by atoms with van der Waals surface area (Å²) in [6.07, 6.45) is 8.01. The van der Waals surface area contributed by atoms with Crippen LogP contribution in [0.2, 0.25) is 0 Å². The van der Waals surface area contributed by atoms with Crippen LogP contribution in [0.1, 0.15) is 37.7 Å². The highest BCUT2D eigenvalue weighted by Crippen LogP contribution is 2.38. The van der Waals surface area contributed by atoms with Crippen molar-refractivity contribution in [2.45, 2.75) is 37.8 Å². The van der Waals surface area contributed by atoms with Gasteiger partial charge in [0.15, 0.2) is 0 Å². The fourth-order valence-electron chi connectivity index (χ4n) is 3.51. The van der Waals surface area contributed by atoms with Crippen molar-refractivity contribution >= 4 is 48.8 Å². The number of nitro benzene ring substituents is 1. The number of allylic oxidation sites excluding steroid dienone is 2. The minimum absolute atomic E-state index is 0.0510. The van der Waals surface area contributed by atoms with E-state index in [-0.39, 0.29) is 5.69 Å². The Morgan fingerprint density at radius 1 is 0.943 bits per heavy atom. The molecule has 186 valence electrons. The predicted octanol–water partition coefficient (Wildman–Crippen LogP) is 8.13. The van der Waals surface area contributed by atoms with Gasteiger partial charge in [-0.3, -0.25) is 10.1 Å². The summed E-state index contributed by atoms with van der Waals surface area (Å²) in [6, 6.07) is 16.1. The van der Waals surface area contributed by atoms with Gasteiger partial charge in [-0.2, -0.15) is 5.11 Å². The predicted molar refractivity (Wildman–Crippen MR) is 145 cm³/mol. The number of non-ortho nitro benzene ring substituents is 1. The van der Waals surface area contributed by atoms with Gasteiger partial charge in [0.05, 0.1) is 30.2 Å². The average Bonchev–Trinajstić information content (AvgIpc) is 2.89. The second-order valence-electron chi connectivity index (χ2n) is 8.02. The normalized spacial score (nSPS) is 17.8. The molecule has 3 rings (SSSR count). The molecule has 35 heavy (non-hydrogen) atoms. The lowest BCUT2D eigenvalue weighted by atomic mass is 9.93. The Balaban J connectivity index is 1.91. The van der Waals surface area contributed by atoms with Gasteiger partial charge in [0, 0.05) is 28.4 Å². The molecular weight excluding hydrogens is 578 g/mol. The largest absolute Gasteiger partial charge is 0.497 e. The molecule has 0 aliphatic heterocycles. The van der Waals surface area contributed by atoms with Gasteiger partial charge >= 0.3 is 0 Å². The third kappa shape index (κ3) is 8.37. The van der Waals surface area contributed by atoms with E-state index in [0.29, 0.717) is 19.6 Å². The van der Waals surface area contributed by atoms with E-state index in [4.69, 9.17) is 9.47 Å². The number of ether oxygens (including phenoxy) is 2. The number of rotatable bonds is 14. The summed E-state index contributed by atoms with van der Waals surface area (Å²) in [5.41, 5.74) is 1.52. The van der Waals surface area contributed by atoms with Crippen molar-refractivity contribution < 1.29 is 14.4 Å². The number of benzene rings is 2. The molecule has 1 atom stereocenters. The maximum atomic E-state index is 11.1. The van der Waals surface area contributed by atoms with E-state index in [9.17, 15) is 10.1 Å². The Morgan fingerprint density at radius 2 is 1.63 bits per heavy atom. The Bertz CT molecular complexity index is 1040. The van der Waals surface area contributed by atoms with E-state index in [2.05, 4.69) is 42.1 Å². The second-order valence-corrected chi connectivity index (χ2v) is 9.61. The fraction of sp³-hybridized carbons (Fsp3) is 0.385. The lowest BCUT2D eigenvalue weighted by Gasteiger charge is -2.31. The smallest absolute Gasteiger partial charge is 0.269 e. The molecule has 0 saturated heterocycles. The van der Waals surface area contributed by atoms with Gasteiger partial charge in [-0.25, -0.2) is 0 Å². The second kappa shape index (κ2) is 14.3. The number of nitro groups is 1. The van der Waals surface area contributed by atoms with Crippen LogP contribution in [0.5, 0.6) is 0 Å². The molecule has 0 bridgehead atoms. The van der Waals surface area contributed by atoms with Crippen molar-refractivity contribution in [1.82, 2.24) is 0 Å². The molecule has 0 saturated carbocycles. The number of hydrogen-bond donors (Lipinski definition) is 0. The van der Waals surface area contributed by atoms with Crippen LogP contribution in [-0.4, -0.2) is 34.5 Å². The molecule has 0 aromatic heterocycles. The molecule has 0 heterocycles. The van der Waals surface area contributed by atoms with E-state index in [0.717, 1.165) is 58.9 Å². The number of unbranched alkanes of at least 4 members (excludes halogenated alkanes) is 2. The van der Waals surface area contributed by atoms with Crippen LogP contribution in [-0.2, 0) is 9.47 Å². The van der Waals surface area contributed by atoms with Crippen LogP contribution in [0.15, 0.2) is 82.7 Å². The van der Waals surface area contributed by atoms with Crippen molar-refractivity contribution in [3.63, 3.8) is 0 Å². The monoisotopic (exact) mass is 605 g/mol. The molecule has 0 fully saturated rings. The maximum Gasteiger partial charge on any atom is 0.269 e. The first-order chi connectivity index (χ1) is 17.1. The quantitative estimate of drug-likeness (QED) is 0.0714. The summed E-state index contributed by atoms with van der Waals surface area (Å²) in [7, 11) is 0. The molecule has 2 aromatic rings. The van der Waals surface area contributed by atoms with Gasteiger partial charge in [0.25, 0.3) is 5.69 Å². The van der Waals surface area contributed by atoms with Gasteiger partial charge in [-0.15, -0.1) is 5.11 Å². The zero-order valence-electron chi connectivity index (χ0n) is 19.4. The molecule has 1 unspecified atom stereocenters. The summed E-state index contributed by atoms with van der Waals surface area (Å²) >= 11 is 6.92. The molecule has 7 nitrogen and oxygen atoms in total. The molecular formula is C26H29Br2N3O4. The van der Waals surface area contributed by atoms with Crippen molar-refractivity contribution in [3.05, 3.63) is 88.2 Å². The third-order valence-corrected chi connectivity index (χ3v) is 6.51. The molecule has 0 radical (unpaired) electrons. The lowest BCUT2D eigenvalue weighted by molar-refractivity contribution is -0.384. The van der Waals surface area contributed by atoms with E-state index < -0.39 is 10.6 Å². The van der Waals surface area contributed by atoms with E-state index in [1.165, 1.54) is 12.1 Å². The Hall–Kier alpha value is -2.36. The van der Waals surface area contributed by atoms with Crippen LogP contribution in [0, 0.1) is 10.1 Å². The number of halogens is 2. The Labute approximate surface area is 222 Å². The fourth-order valence-corrected chi connectivity index (χ4v) is 4.30. The SMILES string of the molecule is O=[N+]([O-])c1ccc(C2=C(OCCCCBr)CC(N=Nc3ccccc3)(OCCCCBr)C=C2)cc1. The first-order valence-corrected chi connectivity index (χ1v) is 13.8. The Kier molecular flexibility index (Phi) is 11.1. The molecule has 2 aromatic carbocycles. The van der Waals surface area contributed by atoms with Gasteiger partial charge in [0.2, 0.25) is 5.72 Å². The summed E-state index contributed by atoms with van der Waals surface area (Å²) < 4.78 is 12.6. The minimum atomic E-state index is -0.989. The van der Waals surface area contributed by atoms with Gasteiger partial charge < -0.3 is 9.47 Å². The van der Waals surface area contributed by atoms with Crippen molar-refractivity contribution in [1.29, 1.82) is 0 Å². The van der Waals surface area contributed by atoms with Crippen LogP contribution in [0.3, 0.4) is 0 Å². The topological polar surface area (TPSA) is 86.3 Å². The Morgan fingerprint density at radius 3 is 2.29 bits per heavy atom. The number of azo groups is 1. The van der Waals surface area contributed by atoms with Crippen LogP contribution >= 0.6 is 31.9 Å². The lowest BCUT2D eigenvalue weighted by Crippen LogP contribution is -2.31. The zero-order chi connectivity index (χ0) is 24.9. The summed E-state index contributed by atoms with van der Waals surface area (Å²) in [5.74, 6) is 0.739. The summed E-state index contributed by atoms with van der Waals surface area (Å²) in [6.45, 7) is 1.09. The molecule has 1 aliphatic carbocycles. The summed E-state index contributed by atoms with van der Waals surface area (Å²) in [5, 5.41) is 22.0. The van der Waals surface area contributed by atoms with E-state index in [1.54, 1.807) is 12.1 Å². The standard InChI is InChI=1S/C26H29Br2N3O4/c27-16-4-6-18-34-25-20-26(35-19-7-5-17-28,30-29-22-8-2-1-3-9-22)15-14-24(25)21-10-12-23(13-11-21)31(32)33/h1-3,8-15H,4-7,16-20H2. The van der Waals surface area contributed by atoms with Crippen LogP contribution in [0.4, 0.5) is 11.4 Å². The van der Waals surface area contributed by atoms with Gasteiger partial charge in [-0.1, -0.05) is 56.1 Å². The molecule has 1 aliphatic rings. The zero-order valence-corrected chi connectivity index (χ0v) is 22.6. The first kappa shape index (κ1) is 27.2. The molecule has 0 spiro atoms. The van der Waals surface area contributed by atoms with Crippen LogP contribution < -0.4 is 0 Å². The first-order valence-electron chi connectivity index (χ1n) is 11.6. The molecule has 0 amide bonds. The highest BCUT2D eigenvalue weighted by Gasteiger charge is 2.35. The highest BCUT2D eigenvalue weighted by atomic mass is 79.9. The molecule has 9 heteroatoms. The van der Waals surface area contributed by atoms with E-state index in [1.807, 2.05) is 42.5 Å². The van der Waals surface area contributed by atoms with Crippen molar-refractivity contribution in [3.8, 4) is 0 Å². The maximum absolute atomic E-state index is 11.1. The molecule has 0 N–H and O–H groups in total. The van der Waals surface area contributed by atoms with Crippen molar-refractivity contribution in [2.75, 3.05) is 23.9 Å². The van der Waals surface area contributed by atoms with E-state index >= 15 is 0 Å². The van der Waals surface area contributed by atoms with Gasteiger partial charge in [-0.05, 0) is 61.6 Å². The number of nitrogens with zero attached hydrogens (tertiary/aromatic N) is 3. The van der Waals surface area contributed by atoms with Crippen molar-refractivity contribution in [2.24, 2.45) is 10.2 Å². The number of alkyl halides is 2.